The van der Waals surface area contributed by atoms with Crippen molar-refractivity contribution in [1.82, 2.24) is 19.7 Å². The number of para-hydroxylation sites is 2. The molecule has 5 nitrogen and oxygen atoms in total. The van der Waals surface area contributed by atoms with E-state index in [1.54, 1.807) is 11.8 Å². The summed E-state index contributed by atoms with van der Waals surface area (Å²) in [7, 11) is 0. The SMILES string of the molecule is CCn1c(SCc2nnc(-c3ccccc3)o2)nc2ccccc21. The van der Waals surface area contributed by atoms with Gasteiger partial charge in [0.25, 0.3) is 0 Å². The minimum atomic E-state index is 0.551. The fraction of sp³-hybridized carbons (Fsp3) is 0.167. The number of benzene rings is 2. The van der Waals surface area contributed by atoms with Crippen molar-refractivity contribution in [2.24, 2.45) is 0 Å². The lowest BCUT2D eigenvalue weighted by molar-refractivity contribution is 0.528. The van der Waals surface area contributed by atoms with Crippen LogP contribution in [0.25, 0.3) is 22.5 Å². The molecule has 2 aromatic carbocycles. The standard InChI is InChI=1S/C18H16N4OS/c1-2-22-15-11-7-6-10-14(15)19-18(22)24-12-16-20-21-17(23-16)13-8-4-3-5-9-13/h3-11H,2,12H2,1H3. The van der Waals surface area contributed by atoms with E-state index in [0.29, 0.717) is 17.5 Å². The Hall–Kier alpha value is -2.60. The molecule has 0 unspecified atom stereocenters. The Morgan fingerprint density at radius 2 is 1.79 bits per heavy atom. The summed E-state index contributed by atoms with van der Waals surface area (Å²) in [4.78, 5) is 4.70. The number of fused-ring (bicyclic) bond motifs is 1. The summed E-state index contributed by atoms with van der Waals surface area (Å²) in [5.41, 5.74) is 3.09. The van der Waals surface area contributed by atoms with E-state index in [1.165, 1.54) is 0 Å². The molecular formula is C18H16N4OS. The summed E-state index contributed by atoms with van der Waals surface area (Å²) >= 11 is 1.61. The highest BCUT2D eigenvalue weighted by Crippen LogP contribution is 2.27. The van der Waals surface area contributed by atoms with Crippen molar-refractivity contribution in [3.8, 4) is 11.5 Å². The smallest absolute Gasteiger partial charge is 0.247 e. The zero-order valence-corrected chi connectivity index (χ0v) is 14.0. The van der Waals surface area contributed by atoms with Crippen molar-refractivity contribution in [2.45, 2.75) is 24.4 Å². The molecule has 4 rings (SSSR count). The minimum Gasteiger partial charge on any atom is -0.420 e. The predicted molar refractivity (Wildman–Crippen MR) is 94.7 cm³/mol. The zero-order chi connectivity index (χ0) is 16.4. The molecule has 4 aromatic rings. The van der Waals surface area contributed by atoms with Crippen molar-refractivity contribution in [3.05, 3.63) is 60.5 Å². The number of aryl methyl sites for hydroxylation is 1. The van der Waals surface area contributed by atoms with E-state index in [-0.39, 0.29) is 0 Å². The molecule has 120 valence electrons. The van der Waals surface area contributed by atoms with Crippen LogP contribution >= 0.6 is 11.8 Å². The molecule has 24 heavy (non-hydrogen) atoms. The van der Waals surface area contributed by atoms with Crippen LogP contribution in [0.3, 0.4) is 0 Å². The summed E-state index contributed by atoms with van der Waals surface area (Å²) in [6, 6.07) is 18.0. The van der Waals surface area contributed by atoms with Gasteiger partial charge in [-0.2, -0.15) is 0 Å². The van der Waals surface area contributed by atoms with Crippen molar-refractivity contribution in [3.63, 3.8) is 0 Å². The zero-order valence-electron chi connectivity index (χ0n) is 13.2. The molecule has 0 radical (unpaired) electrons. The first-order chi connectivity index (χ1) is 11.8. The second-order valence-corrected chi connectivity index (χ2v) is 6.23. The quantitative estimate of drug-likeness (QED) is 0.506. The maximum absolute atomic E-state index is 5.76. The summed E-state index contributed by atoms with van der Waals surface area (Å²) in [5.74, 6) is 1.76. The predicted octanol–water partition coefficient (Wildman–Crippen LogP) is 4.40. The molecule has 0 spiro atoms. The highest BCUT2D eigenvalue weighted by atomic mass is 32.2. The number of aromatic nitrogens is 4. The first-order valence-electron chi connectivity index (χ1n) is 7.81. The number of rotatable bonds is 5. The molecule has 0 amide bonds. The molecule has 2 aromatic heterocycles. The largest absolute Gasteiger partial charge is 0.420 e. The Balaban J connectivity index is 1.54. The summed E-state index contributed by atoms with van der Waals surface area (Å²) in [5, 5.41) is 9.24. The first-order valence-corrected chi connectivity index (χ1v) is 8.79. The molecule has 0 saturated carbocycles. The van der Waals surface area contributed by atoms with Gasteiger partial charge in [0.05, 0.1) is 16.8 Å². The average molecular weight is 336 g/mol. The fourth-order valence-corrected chi connectivity index (χ4v) is 3.52. The van der Waals surface area contributed by atoms with Gasteiger partial charge in [0, 0.05) is 12.1 Å². The number of nitrogens with zero attached hydrogens (tertiary/aromatic N) is 4. The number of hydrogen-bond donors (Lipinski definition) is 0. The van der Waals surface area contributed by atoms with Crippen molar-refractivity contribution in [2.75, 3.05) is 0 Å². The van der Waals surface area contributed by atoms with Crippen molar-refractivity contribution in [1.29, 1.82) is 0 Å². The van der Waals surface area contributed by atoms with E-state index < -0.39 is 0 Å². The molecule has 6 heteroatoms. The Bertz CT molecular complexity index is 961. The molecule has 0 saturated heterocycles. The monoisotopic (exact) mass is 336 g/mol. The van der Waals surface area contributed by atoms with Crippen LogP contribution in [-0.4, -0.2) is 19.7 Å². The fourth-order valence-electron chi connectivity index (χ4n) is 2.60. The van der Waals surface area contributed by atoms with Gasteiger partial charge >= 0.3 is 0 Å². The highest BCUT2D eigenvalue weighted by Gasteiger charge is 2.13. The molecule has 2 heterocycles. The van der Waals surface area contributed by atoms with E-state index in [4.69, 9.17) is 9.40 Å². The Morgan fingerprint density at radius 1 is 1.00 bits per heavy atom. The normalized spacial score (nSPS) is 11.2. The van der Waals surface area contributed by atoms with Crippen LogP contribution in [0.4, 0.5) is 0 Å². The lowest BCUT2D eigenvalue weighted by atomic mass is 10.2. The summed E-state index contributed by atoms with van der Waals surface area (Å²) < 4.78 is 7.96. The highest BCUT2D eigenvalue weighted by molar-refractivity contribution is 7.98. The third kappa shape index (κ3) is 2.80. The summed E-state index contributed by atoms with van der Waals surface area (Å²) in [6.45, 7) is 3.00. The number of thioether (sulfide) groups is 1. The molecule has 0 aliphatic carbocycles. The van der Waals surface area contributed by atoms with E-state index in [1.807, 2.05) is 48.5 Å². The second-order valence-electron chi connectivity index (χ2n) is 5.28. The Labute approximate surface area is 143 Å². The van der Waals surface area contributed by atoms with E-state index in [0.717, 1.165) is 28.3 Å². The lowest BCUT2D eigenvalue weighted by Crippen LogP contribution is -1.96. The molecule has 0 aliphatic rings. The van der Waals surface area contributed by atoms with Gasteiger partial charge in [-0.15, -0.1) is 10.2 Å². The average Bonchev–Trinajstić information content (AvgIpc) is 3.24. The van der Waals surface area contributed by atoms with E-state index >= 15 is 0 Å². The van der Waals surface area contributed by atoms with Crippen LogP contribution < -0.4 is 0 Å². The van der Waals surface area contributed by atoms with Gasteiger partial charge in [0.1, 0.15) is 0 Å². The molecule has 0 fully saturated rings. The van der Waals surface area contributed by atoms with Crippen molar-refractivity contribution >= 4 is 22.8 Å². The second kappa shape index (κ2) is 6.49. The van der Waals surface area contributed by atoms with Crippen LogP contribution in [-0.2, 0) is 12.3 Å². The maximum Gasteiger partial charge on any atom is 0.247 e. The Morgan fingerprint density at radius 3 is 2.62 bits per heavy atom. The molecule has 0 aliphatic heterocycles. The van der Waals surface area contributed by atoms with E-state index in [2.05, 4.69) is 27.8 Å². The van der Waals surface area contributed by atoms with Crippen LogP contribution in [0.15, 0.2) is 64.2 Å². The number of hydrogen-bond acceptors (Lipinski definition) is 5. The number of imidazole rings is 1. The first kappa shape index (κ1) is 15.0. The van der Waals surface area contributed by atoms with Gasteiger partial charge in [0.2, 0.25) is 11.8 Å². The van der Waals surface area contributed by atoms with Gasteiger partial charge in [-0.3, -0.25) is 0 Å². The third-order valence-electron chi connectivity index (χ3n) is 3.75. The lowest BCUT2D eigenvalue weighted by Gasteiger charge is -2.03. The van der Waals surface area contributed by atoms with E-state index in [9.17, 15) is 0 Å². The molecule has 0 bridgehead atoms. The molecule has 0 N–H and O–H groups in total. The molecule has 0 atom stereocenters. The third-order valence-corrected chi connectivity index (χ3v) is 4.71. The van der Waals surface area contributed by atoms with Crippen LogP contribution in [0, 0.1) is 0 Å². The summed E-state index contributed by atoms with van der Waals surface area (Å²) in [6.07, 6.45) is 0. The van der Waals surface area contributed by atoms with Crippen LogP contribution in [0.1, 0.15) is 12.8 Å². The topological polar surface area (TPSA) is 56.7 Å². The van der Waals surface area contributed by atoms with Gasteiger partial charge in [-0.05, 0) is 31.2 Å². The van der Waals surface area contributed by atoms with Gasteiger partial charge in [0.15, 0.2) is 5.16 Å². The molecular weight excluding hydrogens is 320 g/mol. The van der Waals surface area contributed by atoms with Gasteiger partial charge < -0.3 is 8.98 Å². The van der Waals surface area contributed by atoms with Crippen LogP contribution in [0.5, 0.6) is 0 Å². The minimum absolute atomic E-state index is 0.551. The maximum atomic E-state index is 5.76. The van der Waals surface area contributed by atoms with Gasteiger partial charge in [-0.1, -0.05) is 42.1 Å². The Kier molecular flexibility index (Phi) is 4.04. The van der Waals surface area contributed by atoms with Crippen molar-refractivity contribution < 1.29 is 4.42 Å². The van der Waals surface area contributed by atoms with Crippen LogP contribution in [0.2, 0.25) is 0 Å². The van der Waals surface area contributed by atoms with Gasteiger partial charge in [-0.25, -0.2) is 4.98 Å².